The minimum atomic E-state index is -0.448. The summed E-state index contributed by atoms with van der Waals surface area (Å²) in [5.41, 5.74) is 1.07. The Morgan fingerprint density at radius 2 is 1.94 bits per heavy atom. The van der Waals surface area contributed by atoms with Gasteiger partial charge in [0.1, 0.15) is 5.15 Å². The monoisotopic (exact) mass is 280 g/mol. The van der Waals surface area contributed by atoms with E-state index in [9.17, 15) is 10.1 Å². The van der Waals surface area contributed by atoms with Crippen LogP contribution in [0.2, 0.25) is 5.15 Å². The molecule has 0 atom stereocenters. The van der Waals surface area contributed by atoms with Crippen LogP contribution in [0.25, 0.3) is 0 Å². The van der Waals surface area contributed by atoms with E-state index < -0.39 is 4.92 Å². The summed E-state index contributed by atoms with van der Waals surface area (Å²) in [4.78, 5) is 14.4. The highest BCUT2D eigenvalue weighted by atomic mass is 35.5. The van der Waals surface area contributed by atoms with E-state index in [1.165, 1.54) is 23.9 Å². The molecule has 0 aliphatic rings. The number of halogens is 1. The Kier molecular flexibility index (Phi) is 4.17. The predicted molar refractivity (Wildman–Crippen MR) is 71.9 cm³/mol. The fourth-order valence-electron chi connectivity index (χ4n) is 1.38. The number of rotatable bonds is 4. The van der Waals surface area contributed by atoms with E-state index in [1.54, 1.807) is 0 Å². The normalized spacial score (nSPS) is 10.3. The van der Waals surface area contributed by atoms with Gasteiger partial charge in [0.25, 0.3) is 0 Å². The third-order valence-electron chi connectivity index (χ3n) is 2.22. The first kappa shape index (κ1) is 12.9. The molecule has 0 bridgehead atoms. The second-order valence-electron chi connectivity index (χ2n) is 3.49. The molecule has 0 radical (unpaired) electrons. The van der Waals surface area contributed by atoms with Gasteiger partial charge in [0.2, 0.25) is 0 Å². The highest BCUT2D eigenvalue weighted by Gasteiger charge is 2.16. The average molecular weight is 281 g/mol. The van der Waals surface area contributed by atoms with Crippen molar-refractivity contribution >= 4 is 29.1 Å². The summed E-state index contributed by atoms with van der Waals surface area (Å²) in [7, 11) is 0. The van der Waals surface area contributed by atoms with Crippen LogP contribution in [0.15, 0.2) is 47.5 Å². The van der Waals surface area contributed by atoms with Gasteiger partial charge in [0, 0.05) is 11.8 Å². The molecule has 0 N–H and O–H groups in total. The second kappa shape index (κ2) is 5.84. The molecule has 92 valence electrons. The van der Waals surface area contributed by atoms with Crippen molar-refractivity contribution in [2.45, 2.75) is 10.8 Å². The van der Waals surface area contributed by atoms with Crippen molar-refractivity contribution in [3.05, 3.63) is 63.3 Å². The van der Waals surface area contributed by atoms with E-state index in [-0.39, 0.29) is 10.8 Å². The summed E-state index contributed by atoms with van der Waals surface area (Å²) in [5.74, 6) is 0.620. The Balaban J connectivity index is 2.18. The van der Waals surface area contributed by atoms with Gasteiger partial charge in [-0.2, -0.15) is 0 Å². The number of nitro groups is 1. The van der Waals surface area contributed by atoms with Crippen LogP contribution in [-0.4, -0.2) is 9.91 Å². The van der Waals surface area contributed by atoms with Gasteiger partial charge in [-0.3, -0.25) is 10.1 Å². The van der Waals surface area contributed by atoms with Gasteiger partial charge in [-0.1, -0.05) is 53.7 Å². The first-order chi connectivity index (χ1) is 8.66. The number of benzene rings is 1. The van der Waals surface area contributed by atoms with Gasteiger partial charge in [0.05, 0.1) is 4.92 Å². The van der Waals surface area contributed by atoms with Crippen LogP contribution in [0.1, 0.15) is 5.56 Å². The van der Waals surface area contributed by atoms with Crippen molar-refractivity contribution in [1.82, 2.24) is 4.98 Å². The summed E-state index contributed by atoms with van der Waals surface area (Å²) in [6, 6.07) is 12.5. The summed E-state index contributed by atoms with van der Waals surface area (Å²) < 4.78 is 0. The first-order valence-corrected chi connectivity index (χ1v) is 6.51. The molecule has 0 aliphatic carbocycles. The molecule has 0 fully saturated rings. The minimum Gasteiger partial charge on any atom is -0.258 e. The van der Waals surface area contributed by atoms with E-state index >= 15 is 0 Å². The van der Waals surface area contributed by atoms with Crippen molar-refractivity contribution in [1.29, 1.82) is 0 Å². The lowest BCUT2D eigenvalue weighted by molar-refractivity contribution is -0.388. The number of thioether (sulfide) groups is 1. The fourth-order valence-corrected chi connectivity index (χ4v) is 2.53. The number of pyridine rings is 1. The van der Waals surface area contributed by atoms with E-state index in [1.807, 2.05) is 30.3 Å². The Bertz CT molecular complexity index is 563. The first-order valence-electron chi connectivity index (χ1n) is 5.14. The Labute approximate surface area is 113 Å². The summed E-state index contributed by atoms with van der Waals surface area (Å²) in [6.45, 7) is 0. The van der Waals surface area contributed by atoms with Crippen molar-refractivity contribution in [2.75, 3.05) is 0 Å². The number of hydrogen-bond acceptors (Lipinski definition) is 4. The Morgan fingerprint density at radius 1 is 1.22 bits per heavy atom. The molecule has 6 heteroatoms. The van der Waals surface area contributed by atoms with Crippen LogP contribution in [0.4, 0.5) is 5.69 Å². The van der Waals surface area contributed by atoms with Crippen LogP contribution in [-0.2, 0) is 5.75 Å². The lowest BCUT2D eigenvalue weighted by Gasteiger charge is -2.02. The lowest BCUT2D eigenvalue weighted by Crippen LogP contribution is -1.94. The molecule has 18 heavy (non-hydrogen) atoms. The molecule has 4 nitrogen and oxygen atoms in total. The van der Waals surface area contributed by atoms with Gasteiger partial charge in [-0.25, -0.2) is 4.98 Å². The zero-order chi connectivity index (χ0) is 13.0. The molecular formula is C12H9ClN2O2S. The molecule has 0 saturated carbocycles. The van der Waals surface area contributed by atoms with Crippen molar-refractivity contribution in [2.24, 2.45) is 0 Å². The van der Waals surface area contributed by atoms with Crippen molar-refractivity contribution in [3.63, 3.8) is 0 Å². The van der Waals surface area contributed by atoms with Crippen LogP contribution < -0.4 is 0 Å². The second-order valence-corrected chi connectivity index (χ2v) is 4.84. The SMILES string of the molecule is O=[N+]([O-])c1ccc(Cl)nc1SCc1ccccc1. The maximum atomic E-state index is 10.9. The average Bonchev–Trinajstić information content (AvgIpc) is 2.37. The van der Waals surface area contributed by atoms with E-state index in [0.29, 0.717) is 10.8 Å². The highest BCUT2D eigenvalue weighted by Crippen LogP contribution is 2.30. The zero-order valence-corrected chi connectivity index (χ0v) is 10.8. The lowest BCUT2D eigenvalue weighted by atomic mass is 10.2. The minimum absolute atomic E-state index is 0.0136. The molecule has 0 saturated heterocycles. The standard InChI is InChI=1S/C12H9ClN2O2S/c13-11-7-6-10(15(16)17)12(14-11)18-8-9-4-2-1-3-5-9/h1-7H,8H2. The van der Waals surface area contributed by atoms with Crippen LogP contribution in [0, 0.1) is 10.1 Å². The largest absolute Gasteiger partial charge is 0.301 e. The number of aromatic nitrogens is 1. The Hall–Kier alpha value is -1.59. The molecule has 0 aliphatic heterocycles. The molecule has 1 heterocycles. The smallest absolute Gasteiger partial charge is 0.258 e. The summed E-state index contributed by atoms with van der Waals surface area (Å²) in [5, 5.41) is 11.5. The molecule has 1 aromatic carbocycles. The molecule has 0 unspecified atom stereocenters. The molecular weight excluding hydrogens is 272 g/mol. The van der Waals surface area contributed by atoms with E-state index in [4.69, 9.17) is 11.6 Å². The molecule has 2 aromatic rings. The fraction of sp³-hybridized carbons (Fsp3) is 0.0833. The quantitative estimate of drug-likeness (QED) is 0.368. The van der Waals surface area contributed by atoms with Crippen LogP contribution >= 0.6 is 23.4 Å². The zero-order valence-electron chi connectivity index (χ0n) is 9.25. The molecule has 0 spiro atoms. The third kappa shape index (κ3) is 3.21. The third-order valence-corrected chi connectivity index (χ3v) is 3.48. The van der Waals surface area contributed by atoms with Gasteiger partial charge < -0.3 is 0 Å². The predicted octanol–water partition coefficient (Wildman–Crippen LogP) is 3.94. The summed E-state index contributed by atoms with van der Waals surface area (Å²) in [6.07, 6.45) is 0. The van der Waals surface area contributed by atoms with E-state index in [2.05, 4.69) is 4.98 Å². The van der Waals surface area contributed by atoms with Gasteiger partial charge in [0.15, 0.2) is 5.03 Å². The van der Waals surface area contributed by atoms with Gasteiger partial charge >= 0.3 is 5.69 Å². The van der Waals surface area contributed by atoms with Crippen LogP contribution in [0.5, 0.6) is 0 Å². The number of nitrogens with zero attached hydrogens (tertiary/aromatic N) is 2. The maximum absolute atomic E-state index is 10.9. The van der Waals surface area contributed by atoms with Crippen molar-refractivity contribution in [3.8, 4) is 0 Å². The number of hydrogen-bond donors (Lipinski definition) is 0. The summed E-state index contributed by atoms with van der Waals surface area (Å²) >= 11 is 7.06. The van der Waals surface area contributed by atoms with Gasteiger partial charge in [-0.15, -0.1) is 0 Å². The molecule has 1 aromatic heterocycles. The Morgan fingerprint density at radius 3 is 2.61 bits per heavy atom. The van der Waals surface area contributed by atoms with Crippen LogP contribution in [0.3, 0.4) is 0 Å². The maximum Gasteiger partial charge on any atom is 0.301 e. The topological polar surface area (TPSA) is 56.0 Å². The van der Waals surface area contributed by atoms with Gasteiger partial charge in [-0.05, 0) is 11.6 Å². The molecule has 0 amide bonds. The highest BCUT2D eigenvalue weighted by molar-refractivity contribution is 7.98. The molecule has 2 rings (SSSR count). The van der Waals surface area contributed by atoms with E-state index in [0.717, 1.165) is 5.56 Å². The van der Waals surface area contributed by atoms with Crippen molar-refractivity contribution < 1.29 is 4.92 Å².